The summed E-state index contributed by atoms with van der Waals surface area (Å²) in [6.07, 6.45) is 2.54. The van der Waals surface area contributed by atoms with Gasteiger partial charge in [0.05, 0.1) is 21.9 Å². The molecule has 1 aliphatic rings. The van der Waals surface area contributed by atoms with E-state index in [1.165, 1.54) is 6.21 Å². The molecule has 1 saturated heterocycles. The zero-order chi connectivity index (χ0) is 24.3. The molecule has 0 radical (unpaired) electrons. The van der Waals surface area contributed by atoms with Gasteiger partial charge < -0.3 is 30.7 Å². The number of aromatic nitrogens is 1. The summed E-state index contributed by atoms with van der Waals surface area (Å²) in [5, 5.41) is 12.3. The highest BCUT2D eigenvalue weighted by molar-refractivity contribution is 6.39. The Bertz CT molecular complexity index is 993. The van der Waals surface area contributed by atoms with Crippen molar-refractivity contribution >= 4 is 41.3 Å². The van der Waals surface area contributed by atoms with Gasteiger partial charge >= 0.3 is 6.09 Å². The number of nitrogens with two attached hydrogens (primary N) is 1. The second-order valence-corrected chi connectivity index (χ2v) is 10.4. The lowest BCUT2D eigenvalue weighted by atomic mass is 9.98. The van der Waals surface area contributed by atoms with Gasteiger partial charge in [-0.1, -0.05) is 29.3 Å². The van der Waals surface area contributed by atoms with Gasteiger partial charge in [-0.05, 0) is 64.7 Å². The van der Waals surface area contributed by atoms with E-state index in [0.717, 1.165) is 24.4 Å². The minimum absolute atomic E-state index is 0.186. The van der Waals surface area contributed by atoms with Crippen molar-refractivity contribution in [2.45, 2.75) is 58.8 Å². The van der Waals surface area contributed by atoms with E-state index in [-0.39, 0.29) is 18.2 Å². The van der Waals surface area contributed by atoms with Gasteiger partial charge in [0.25, 0.3) is 0 Å². The number of rotatable bonds is 6. The molecule has 2 heterocycles. The van der Waals surface area contributed by atoms with E-state index in [9.17, 15) is 4.79 Å². The molecule has 1 aromatic carbocycles. The van der Waals surface area contributed by atoms with E-state index in [1.54, 1.807) is 23.1 Å². The van der Waals surface area contributed by atoms with Gasteiger partial charge in [-0.25, -0.2) is 4.79 Å². The van der Waals surface area contributed by atoms with E-state index in [2.05, 4.69) is 9.88 Å². The average Bonchev–Trinajstić information content (AvgIpc) is 3.03. The van der Waals surface area contributed by atoms with Crippen LogP contribution in [0, 0.1) is 11.3 Å². The highest BCUT2D eigenvalue weighted by atomic mass is 35.5. The maximum absolute atomic E-state index is 12.7. The van der Waals surface area contributed by atoms with Crippen LogP contribution < -0.4 is 11.1 Å². The number of anilines is 1. The van der Waals surface area contributed by atoms with E-state index in [4.69, 9.17) is 39.1 Å². The Morgan fingerprint density at radius 3 is 2.61 bits per heavy atom. The molecule has 33 heavy (non-hydrogen) atoms. The number of piperidine rings is 1. The molecule has 0 aliphatic carbocycles. The highest BCUT2D eigenvalue weighted by Crippen LogP contribution is 2.39. The zero-order valence-electron chi connectivity index (χ0n) is 19.6. The number of benzene rings is 1. The topological polar surface area (TPSA) is 96.4 Å². The zero-order valence-corrected chi connectivity index (χ0v) is 21.1. The first-order chi connectivity index (χ1) is 15.5. The second-order valence-electron chi connectivity index (χ2n) is 9.55. The number of likely N-dealkylation sites (tertiary alicyclic amines) is 1. The van der Waals surface area contributed by atoms with Crippen molar-refractivity contribution in [3.8, 4) is 11.3 Å². The summed E-state index contributed by atoms with van der Waals surface area (Å²) in [6, 6.07) is 7.31. The van der Waals surface area contributed by atoms with Crippen LogP contribution in [-0.4, -0.2) is 46.6 Å². The first-order valence-corrected chi connectivity index (χ1v) is 11.9. The molecule has 1 unspecified atom stereocenters. The largest absolute Gasteiger partial charge is 0.444 e. The fraction of sp³-hybridized carbons (Fsp3) is 0.500. The van der Waals surface area contributed by atoms with Gasteiger partial charge in [0.1, 0.15) is 11.4 Å². The van der Waals surface area contributed by atoms with Crippen LogP contribution in [0.1, 0.15) is 46.1 Å². The molecule has 0 spiro atoms. The minimum Gasteiger partial charge on any atom is -0.444 e. The molecule has 180 valence electrons. The van der Waals surface area contributed by atoms with Crippen LogP contribution in [0.3, 0.4) is 0 Å². The summed E-state index contributed by atoms with van der Waals surface area (Å²) in [6.45, 7) is 9.33. The Morgan fingerprint density at radius 1 is 1.36 bits per heavy atom. The van der Waals surface area contributed by atoms with Crippen molar-refractivity contribution < 1.29 is 9.53 Å². The molecular formula is C24H33Cl2N5O2. The van der Waals surface area contributed by atoms with E-state index in [1.807, 2.05) is 33.8 Å². The van der Waals surface area contributed by atoms with Gasteiger partial charge in [0.15, 0.2) is 0 Å². The van der Waals surface area contributed by atoms with Crippen LogP contribution in [0.2, 0.25) is 10.0 Å². The molecule has 2 aromatic rings. The first-order valence-electron chi connectivity index (χ1n) is 11.2. The van der Waals surface area contributed by atoms with Crippen LogP contribution in [-0.2, 0) is 11.3 Å². The van der Waals surface area contributed by atoms with Crippen LogP contribution in [0.25, 0.3) is 11.3 Å². The Morgan fingerprint density at radius 2 is 2.03 bits per heavy atom. The molecule has 2 atom stereocenters. The van der Waals surface area contributed by atoms with Crippen LogP contribution in [0.4, 0.5) is 10.6 Å². The standard InChI is InChI=1S/C24H33Cl2N5O2/c1-15(28)29-22-17(12-27)11-20(21-18(25)8-5-9-19(21)26)31(22)14-16-7-6-10-30(13-16)23(32)33-24(2,3)4/h5,8-9,11-12,15-16,27,29H,6-7,10,13-14,28H2,1-4H3/t15?,16-/m1/s1. The molecule has 1 fully saturated rings. The molecule has 3 rings (SSSR count). The third kappa shape index (κ3) is 6.22. The molecule has 0 saturated carbocycles. The Balaban J connectivity index is 1.98. The van der Waals surface area contributed by atoms with Crippen LogP contribution >= 0.6 is 23.2 Å². The normalized spacial score (nSPS) is 17.5. The Labute approximate surface area is 205 Å². The van der Waals surface area contributed by atoms with Crippen molar-refractivity contribution in [2.75, 3.05) is 18.4 Å². The van der Waals surface area contributed by atoms with Gasteiger partial charge in [0, 0.05) is 37.0 Å². The van der Waals surface area contributed by atoms with Crippen molar-refractivity contribution in [3.63, 3.8) is 0 Å². The molecule has 9 heteroatoms. The monoisotopic (exact) mass is 493 g/mol. The number of halogens is 2. The lowest BCUT2D eigenvalue weighted by Crippen LogP contribution is -2.43. The molecule has 7 nitrogen and oxygen atoms in total. The fourth-order valence-corrected chi connectivity index (χ4v) is 4.75. The number of nitrogens with one attached hydrogen (secondary N) is 2. The summed E-state index contributed by atoms with van der Waals surface area (Å²) in [4.78, 5) is 14.4. The quantitative estimate of drug-likeness (QED) is 0.348. The number of nitrogens with zero attached hydrogens (tertiary/aromatic N) is 2. The van der Waals surface area contributed by atoms with Crippen molar-refractivity contribution in [3.05, 3.63) is 39.9 Å². The number of hydrogen-bond acceptors (Lipinski definition) is 5. The van der Waals surface area contributed by atoms with Gasteiger partial charge in [-0.15, -0.1) is 0 Å². The smallest absolute Gasteiger partial charge is 0.410 e. The fourth-order valence-electron chi connectivity index (χ4n) is 4.16. The highest BCUT2D eigenvalue weighted by Gasteiger charge is 2.29. The summed E-state index contributed by atoms with van der Waals surface area (Å²) in [7, 11) is 0. The van der Waals surface area contributed by atoms with Crippen molar-refractivity contribution in [2.24, 2.45) is 11.7 Å². The average molecular weight is 494 g/mol. The maximum atomic E-state index is 12.7. The predicted molar refractivity (Wildman–Crippen MR) is 136 cm³/mol. The SMILES string of the molecule is CC(N)Nc1c(C=N)cc(-c2c(Cl)cccc2Cl)n1C[C@@H]1CCCN(C(=O)OC(C)(C)C)C1. The van der Waals surface area contributed by atoms with E-state index >= 15 is 0 Å². The first kappa shape index (κ1) is 25.4. The van der Waals surface area contributed by atoms with Crippen molar-refractivity contribution in [1.29, 1.82) is 5.41 Å². The number of amides is 1. The molecule has 1 amide bonds. The number of hydrogen-bond donors (Lipinski definition) is 3. The Kier molecular flexibility index (Phi) is 7.98. The van der Waals surface area contributed by atoms with Crippen molar-refractivity contribution in [1.82, 2.24) is 9.47 Å². The van der Waals surface area contributed by atoms with Crippen LogP contribution in [0.15, 0.2) is 24.3 Å². The number of carbonyl (C=O) groups excluding carboxylic acids is 1. The second kappa shape index (κ2) is 10.4. The van der Waals surface area contributed by atoms with Gasteiger partial charge in [-0.3, -0.25) is 0 Å². The maximum Gasteiger partial charge on any atom is 0.410 e. The third-order valence-electron chi connectivity index (χ3n) is 5.48. The van der Waals surface area contributed by atoms with Gasteiger partial charge in [0.2, 0.25) is 0 Å². The molecule has 1 aromatic heterocycles. The number of carbonyl (C=O) groups is 1. The third-order valence-corrected chi connectivity index (χ3v) is 6.11. The summed E-state index contributed by atoms with van der Waals surface area (Å²) in [5.74, 6) is 0.922. The molecule has 1 aliphatic heterocycles. The Hall–Kier alpha value is -2.22. The van der Waals surface area contributed by atoms with Crippen LogP contribution in [0.5, 0.6) is 0 Å². The molecule has 0 bridgehead atoms. The predicted octanol–water partition coefficient (Wildman–Crippen LogP) is 5.82. The molecular weight excluding hydrogens is 461 g/mol. The summed E-state index contributed by atoms with van der Waals surface area (Å²) in [5.41, 5.74) is 7.73. The summed E-state index contributed by atoms with van der Waals surface area (Å²) >= 11 is 13.1. The lowest BCUT2D eigenvalue weighted by Gasteiger charge is -2.35. The van der Waals surface area contributed by atoms with Gasteiger partial charge in [-0.2, -0.15) is 0 Å². The minimum atomic E-state index is -0.536. The lowest BCUT2D eigenvalue weighted by molar-refractivity contribution is 0.0158. The number of ether oxygens (including phenoxy) is 1. The van der Waals surface area contributed by atoms with E-state index < -0.39 is 5.60 Å². The summed E-state index contributed by atoms with van der Waals surface area (Å²) < 4.78 is 7.67. The molecule has 4 N–H and O–H groups in total. The van der Waals surface area contributed by atoms with E-state index in [0.29, 0.717) is 40.8 Å².